The maximum atomic E-state index is 5.45. The number of rotatable bonds is 8. The van der Waals surface area contributed by atoms with Crippen LogP contribution in [0.25, 0.3) is 0 Å². The number of hydrogen-bond acceptors (Lipinski definition) is 6. The van der Waals surface area contributed by atoms with Crippen LogP contribution in [0.2, 0.25) is 0 Å². The van der Waals surface area contributed by atoms with Crippen LogP contribution in [0.3, 0.4) is 0 Å². The maximum Gasteiger partial charge on any atom is 0.239 e. The second-order valence-electron chi connectivity index (χ2n) is 3.96. The summed E-state index contributed by atoms with van der Waals surface area (Å²) in [5, 5.41) is 3.21. The molecular weight excluding hydrogens is 218 g/mol. The molecule has 0 spiro atoms. The quantitative estimate of drug-likeness (QED) is 0.361. The van der Waals surface area contributed by atoms with Crippen LogP contribution in [-0.4, -0.2) is 29.2 Å². The molecule has 0 unspecified atom stereocenters. The summed E-state index contributed by atoms with van der Waals surface area (Å²) >= 11 is 0. The van der Waals surface area contributed by atoms with Crippen LogP contribution in [0.1, 0.15) is 26.7 Å². The van der Waals surface area contributed by atoms with Crippen molar-refractivity contribution in [3.63, 3.8) is 0 Å². The highest BCUT2D eigenvalue weighted by Gasteiger charge is 1.97. The van der Waals surface area contributed by atoms with Crippen molar-refractivity contribution < 1.29 is 4.74 Å². The summed E-state index contributed by atoms with van der Waals surface area (Å²) in [5.74, 6) is 6.41. The molecule has 0 fully saturated rings. The number of ether oxygens (including phenoxy) is 1. The third kappa shape index (κ3) is 6.03. The number of nitrogens with two attached hydrogens (primary N) is 1. The fourth-order valence-corrected chi connectivity index (χ4v) is 1.29. The molecule has 0 amide bonds. The molecule has 1 aromatic heterocycles. The Morgan fingerprint density at radius 1 is 1.41 bits per heavy atom. The molecule has 0 aliphatic carbocycles. The molecule has 0 saturated heterocycles. The third-order valence-electron chi connectivity index (χ3n) is 2.11. The van der Waals surface area contributed by atoms with Gasteiger partial charge >= 0.3 is 0 Å². The van der Waals surface area contributed by atoms with Crippen molar-refractivity contribution in [1.82, 2.24) is 9.97 Å². The zero-order valence-electron chi connectivity index (χ0n) is 10.4. The van der Waals surface area contributed by atoms with E-state index in [1.807, 2.05) is 19.9 Å². The van der Waals surface area contributed by atoms with Gasteiger partial charge < -0.3 is 10.1 Å². The van der Waals surface area contributed by atoms with Crippen molar-refractivity contribution in [3.05, 3.63) is 12.3 Å². The van der Waals surface area contributed by atoms with Gasteiger partial charge in [-0.25, -0.2) is 10.8 Å². The van der Waals surface area contributed by atoms with E-state index in [1.165, 1.54) is 0 Å². The van der Waals surface area contributed by atoms with Gasteiger partial charge in [-0.15, -0.1) is 0 Å². The van der Waals surface area contributed by atoms with E-state index in [-0.39, 0.29) is 0 Å². The molecule has 6 nitrogen and oxygen atoms in total. The molecule has 1 aromatic rings. The van der Waals surface area contributed by atoms with Crippen molar-refractivity contribution in [1.29, 1.82) is 0 Å². The largest absolute Gasteiger partial charge is 0.379 e. The lowest BCUT2D eigenvalue weighted by molar-refractivity contribution is 0.0765. The lowest BCUT2D eigenvalue weighted by atomic mass is 10.3. The number of hydrogen-bond donors (Lipinski definition) is 3. The number of unbranched alkanes of at least 4 members (excludes halogenated alkanes) is 1. The fraction of sp³-hybridized carbons (Fsp3) is 0.636. The zero-order chi connectivity index (χ0) is 12.5. The van der Waals surface area contributed by atoms with Crippen LogP contribution in [0.15, 0.2) is 12.3 Å². The Morgan fingerprint density at radius 2 is 2.24 bits per heavy atom. The third-order valence-corrected chi connectivity index (χ3v) is 2.11. The minimum absolute atomic E-state index is 0.308. The Hall–Kier alpha value is -1.40. The molecule has 17 heavy (non-hydrogen) atoms. The van der Waals surface area contributed by atoms with Crippen LogP contribution in [0.5, 0.6) is 0 Å². The molecule has 1 rings (SSSR count). The summed E-state index contributed by atoms with van der Waals surface area (Å²) in [6, 6.07) is 1.81. The van der Waals surface area contributed by atoms with Gasteiger partial charge in [-0.2, -0.15) is 4.98 Å². The van der Waals surface area contributed by atoms with Crippen molar-refractivity contribution >= 4 is 11.8 Å². The van der Waals surface area contributed by atoms with Gasteiger partial charge in [-0.3, -0.25) is 5.43 Å². The standard InChI is InChI=1S/C11H21N5O/c1-9(2)17-8-4-3-6-13-10-5-7-14-11(15-10)16-12/h5,7,9H,3-4,6,8,12H2,1-2H3,(H2,13,14,15,16). The van der Waals surface area contributed by atoms with E-state index in [4.69, 9.17) is 10.6 Å². The average Bonchev–Trinajstić information content (AvgIpc) is 2.33. The summed E-state index contributed by atoms with van der Waals surface area (Å²) in [5.41, 5.74) is 2.41. The Morgan fingerprint density at radius 3 is 2.94 bits per heavy atom. The van der Waals surface area contributed by atoms with Crippen molar-refractivity contribution in [2.75, 3.05) is 23.9 Å². The topological polar surface area (TPSA) is 85.1 Å². The van der Waals surface area contributed by atoms with Crippen LogP contribution in [-0.2, 0) is 4.74 Å². The van der Waals surface area contributed by atoms with Gasteiger partial charge in [-0.05, 0) is 32.8 Å². The van der Waals surface area contributed by atoms with E-state index < -0.39 is 0 Å². The number of hydrazine groups is 1. The molecule has 0 aliphatic rings. The van der Waals surface area contributed by atoms with Gasteiger partial charge in [0.2, 0.25) is 5.95 Å². The lowest BCUT2D eigenvalue weighted by Crippen LogP contribution is -2.12. The van der Waals surface area contributed by atoms with Gasteiger partial charge in [0.05, 0.1) is 6.10 Å². The number of nitrogens with zero attached hydrogens (tertiary/aromatic N) is 2. The van der Waals surface area contributed by atoms with Crippen molar-refractivity contribution in [3.8, 4) is 0 Å². The molecule has 0 radical (unpaired) electrons. The predicted octanol–water partition coefficient (Wildman–Crippen LogP) is 1.38. The molecule has 96 valence electrons. The zero-order valence-corrected chi connectivity index (χ0v) is 10.4. The molecule has 0 saturated carbocycles. The summed E-state index contributed by atoms with van der Waals surface area (Å²) in [4.78, 5) is 8.08. The first-order valence-electron chi connectivity index (χ1n) is 5.87. The first-order valence-corrected chi connectivity index (χ1v) is 5.87. The Balaban J connectivity index is 2.13. The van der Waals surface area contributed by atoms with Gasteiger partial charge in [-0.1, -0.05) is 0 Å². The van der Waals surface area contributed by atoms with Gasteiger partial charge in [0.1, 0.15) is 5.82 Å². The molecule has 6 heteroatoms. The second-order valence-corrected chi connectivity index (χ2v) is 3.96. The van der Waals surface area contributed by atoms with E-state index in [9.17, 15) is 0 Å². The minimum Gasteiger partial charge on any atom is -0.379 e. The van der Waals surface area contributed by atoms with E-state index in [1.54, 1.807) is 6.20 Å². The smallest absolute Gasteiger partial charge is 0.239 e. The average molecular weight is 239 g/mol. The number of anilines is 2. The van der Waals surface area contributed by atoms with Gasteiger partial charge in [0.15, 0.2) is 0 Å². The molecule has 0 aliphatic heterocycles. The highest BCUT2D eigenvalue weighted by atomic mass is 16.5. The Bertz CT molecular complexity index is 318. The summed E-state index contributed by atoms with van der Waals surface area (Å²) in [7, 11) is 0. The molecule has 0 atom stereocenters. The Kier molecular flexibility index (Phi) is 6.27. The lowest BCUT2D eigenvalue weighted by Gasteiger charge is -2.08. The number of nitrogens with one attached hydrogen (secondary N) is 2. The SMILES string of the molecule is CC(C)OCCCCNc1ccnc(NN)n1. The first kappa shape index (κ1) is 13.7. The normalized spacial score (nSPS) is 10.6. The predicted molar refractivity (Wildman–Crippen MR) is 68.7 cm³/mol. The maximum absolute atomic E-state index is 5.45. The van der Waals surface area contributed by atoms with Crippen LogP contribution in [0, 0.1) is 0 Å². The van der Waals surface area contributed by atoms with E-state index >= 15 is 0 Å². The number of aromatic nitrogens is 2. The van der Waals surface area contributed by atoms with E-state index in [0.29, 0.717) is 12.1 Å². The molecule has 4 N–H and O–H groups in total. The molecule has 0 aromatic carbocycles. The molecular formula is C11H21N5O. The molecule has 1 heterocycles. The van der Waals surface area contributed by atoms with Gasteiger partial charge in [0, 0.05) is 19.3 Å². The van der Waals surface area contributed by atoms with Crippen LogP contribution in [0.4, 0.5) is 11.8 Å². The van der Waals surface area contributed by atoms with Crippen LogP contribution < -0.4 is 16.6 Å². The van der Waals surface area contributed by atoms with Crippen molar-refractivity contribution in [2.45, 2.75) is 32.8 Å². The highest BCUT2D eigenvalue weighted by molar-refractivity contribution is 5.38. The summed E-state index contributed by atoms with van der Waals surface area (Å²) < 4.78 is 5.45. The number of nitrogen functional groups attached to an aromatic ring is 1. The second kappa shape index (κ2) is 7.81. The highest BCUT2D eigenvalue weighted by Crippen LogP contribution is 2.04. The first-order chi connectivity index (χ1) is 8.22. The van der Waals surface area contributed by atoms with Crippen LogP contribution >= 0.6 is 0 Å². The van der Waals surface area contributed by atoms with E-state index in [0.717, 1.165) is 31.8 Å². The summed E-state index contributed by atoms with van der Waals surface area (Å²) in [6.45, 7) is 5.75. The Labute approximate surface area is 102 Å². The summed E-state index contributed by atoms with van der Waals surface area (Å²) in [6.07, 6.45) is 4.05. The molecule has 0 bridgehead atoms. The minimum atomic E-state index is 0.308. The monoisotopic (exact) mass is 239 g/mol. The van der Waals surface area contributed by atoms with Crippen molar-refractivity contribution in [2.24, 2.45) is 5.84 Å². The van der Waals surface area contributed by atoms with Gasteiger partial charge in [0.25, 0.3) is 0 Å². The fourth-order valence-electron chi connectivity index (χ4n) is 1.29. The van der Waals surface area contributed by atoms with E-state index in [2.05, 4.69) is 20.7 Å².